The highest BCUT2D eigenvalue weighted by Gasteiger charge is 2.29. The Labute approximate surface area is 311 Å². The van der Waals surface area contributed by atoms with Crippen LogP contribution in [-0.2, 0) is 0 Å². The number of hydrogen-bond acceptors (Lipinski definition) is 6. The zero-order valence-corrected chi connectivity index (χ0v) is 30.3. The van der Waals surface area contributed by atoms with Crippen molar-refractivity contribution in [2.24, 2.45) is 0 Å². The number of terminal acetylenes is 1. The van der Waals surface area contributed by atoms with Gasteiger partial charge in [0.2, 0.25) is 0 Å². The standard InChI is InChI=1S/C23H22N2O.C22H23ClN2O/c1-2-16-10-12-17(13-11-16)22-15-19(18-7-3-4-8-20(18)25-22)23(26)21-9-5-6-14-24-21;1-25-13-5-4-8-21(25)22(26)18-14-20(15-9-11-16(23)12-10-15)24-19-7-3-2-6-17(18)19/h1,3-4,7-8,10-13,15,21,23-24,26H,5-6,9,14H2;2-3,6-7,9-12,14,21-22,26H,4-5,8,13H2,1H3. The van der Waals surface area contributed by atoms with Gasteiger partial charge in [-0.2, -0.15) is 0 Å². The van der Waals surface area contributed by atoms with Crippen LogP contribution < -0.4 is 5.32 Å². The van der Waals surface area contributed by atoms with Gasteiger partial charge in [-0.25, -0.2) is 9.97 Å². The fraction of sp³-hybridized carbons (Fsp3) is 0.289. The summed E-state index contributed by atoms with van der Waals surface area (Å²) >= 11 is 6.03. The third kappa shape index (κ3) is 7.90. The summed E-state index contributed by atoms with van der Waals surface area (Å²) in [5.41, 5.74) is 8.28. The molecule has 4 heterocycles. The number of aliphatic hydroxyl groups is 2. The van der Waals surface area contributed by atoms with Gasteiger partial charge in [0.25, 0.3) is 0 Å². The lowest BCUT2D eigenvalue weighted by molar-refractivity contribution is 0.0412. The average Bonchev–Trinajstić information content (AvgIpc) is 3.20. The van der Waals surface area contributed by atoms with Crippen LogP contribution in [0.5, 0.6) is 0 Å². The molecule has 0 amide bonds. The van der Waals surface area contributed by atoms with Crippen LogP contribution in [0.1, 0.15) is 67.4 Å². The van der Waals surface area contributed by atoms with Crippen LogP contribution in [0, 0.1) is 12.3 Å². The molecule has 52 heavy (non-hydrogen) atoms. The zero-order chi connectivity index (χ0) is 36.0. The molecule has 3 N–H and O–H groups in total. The van der Waals surface area contributed by atoms with E-state index in [-0.39, 0.29) is 12.1 Å². The van der Waals surface area contributed by atoms with Gasteiger partial charge in [-0.05, 0) is 105 Å². The summed E-state index contributed by atoms with van der Waals surface area (Å²) in [4.78, 5) is 11.9. The normalized spacial score (nSPS) is 19.0. The summed E-state index contributed by atoms with van der Waals surface area (Å²) in [5, 5.41) is 28.5. The number of pyridine rings is 2. The molecular weight excluding hydrogens is 664 g/mol. The van der Waals surface area contributed by atoms with Crippen LogP contribution in [-0.4, -0.2) is 57.3 Å². The second kappa shape index (κ2) is 16.4. The van der Waals surface area contributed by atoms with Crippen LogP contribution in [0.25, 0.3) is 44.3 Å². The van der Waals surface area contributed by atoms with Gasteiger partial charge in [-0.1, -0.05) is 91.0 Å². The first-order chi connectivity index (χ1) is 25.4. The summed E-state index contributed by atoms with van der Waals surface area (Å²) in [6.45, 7) is 2.00. The fourth-order valence-electron chi connectivity index (χ4n) is 7.62. The van der Waals surface area contributed by atoms with Crippen LogP contribution >= 0.6 is 11.6 Å². The highest BCUT2D eigenvalue weighted by molar-refractivity contribution is 6.30. The van der Waals surface area contributed by atoms with E-state index in [4.69, 9.17) is 28.0 Å². The van der Waals surface area contributed by atoms with Crippen molar-refractivity contribution in [3.05, 3.63) is 131 Å². The van der Waals surface area contributed by atoms with E-state index in [0.717, 1.165) is 93.4 Å². The Kier molecular flexibility index (Phi) is 11.3. The van der Waals surface area contributed by atoms with Gasteiger partial charge in [0.1, 0.15) is 0 Å². The maximum atomic E-state index is 11.2. The fourth-order valence-corrected chi connectivity index (χ4v) is 7.75. The van der Waals surface area contributed by atoms with Crippen molar-refractivity contribution in [2.45, 2.75) is 62.8 Å². The van der Waals surface area contributed by atoms with Gasteiger partial charge in [0.05, 0.1) is 34.6 Å². The third-order valence-corrected chi connectivity index (χ3v) is 10.8. The third-order valence-electron chi connectivity index (χ3n) is 10.5. The zero-order valence-electron chi connectivity index (χ0n) is 29.5. The molecule has 0 bridgehead atoms. The number of likely N-dealkylation sites (N-methyl/N-ethyl adjacent to an activating group) is 1. The minimum Gasteiger partial charge on any atom is -0.387 e. The van der Waals surface area contributed by atoms with Crippen molar-refractivity contribution in [1.82, 2.24) is 20.2 Å². The molecule has 0 saturated carbocycles. The summed E-state index contributed by atoms with van der Waals surface area (Å²) in [6.07, 6.45) is 11.1. The molecule has 6 nitrogen and oxygen atoms in total. The number of rotatable bonds is 6. The van der Waals surface area contributed by atoms with Gasteiger partial charge < -0.3 is 20.4 Å². The Bertz CT molecular complexity index is 2170. The number of para-hydroxylation sites is 2. The summed E-state index contributed by atoms with van der Waals surface area (Å²) in [6, 6.07) is 35.9. The Morgan fingerprint density at radius 1 is 0.731 bits per heavy atom. The molecule has 6 aromatic rings. The van der Waals surface area contributed by atoms with Gasteiger partial charge in [0, 0.05) is 44.6 Å². The molecular formula is C45H45ClN4O2. The van der Waals surface area contributed by atoms with Crippen molar-refractivity contribution >= 4 is 33.4 Å². The number of likely N-dealkylation sites (tertiary alicyclic amines) is 1. The van der Waals surface area contributed by atoms with Gasteiger partial charge in [-0.15, -0.1) is 6.42 Å². The van der Waals surface area contributed by atoms with Gasteiger partial charge in [0.15, 0.2) is 0 Å². The predicted octanol–water partition coefficient (Wildman–Crippen LogP) is 9.13. The Hall–Kier alpha value is -4.61. The monoisotopic (exact) mass is 708 g/mol. The molecule has 4 aromatic carbocycles. The Morgan fingerprint density at radius 2 is 1.29 bits per heavy atom. The van der Waals surface area contributed by atoms with E-state index in [2.05, 4.69) is 29.3 Å². The molecule has 0 radical (unpaired) electrons. The predicted molar refractivity (Wildman–Crippen MR) is 213 cm³/mol. The lowest BCUT2D eigenvalue weighted by atomic mass is 9.91. The minimum atomic E-state index is -0.549. The summed E-state index contributed by atoms with van der Waals surface area (Å²) in [7, 11) is 2.11. The number of aliphatic hydroxyl groups excluding tert-OH is 2. The van der Waals surface area contributed by atoms with E-state index >= 15 is 0 Å². The minimum absolute atomic E-state index is 0.0891. The van der Waals surface area contributed by atoms with E-state index in [9.17, 15) is 10.2 Å². The van der Waals surface area contributed by atoms with E-state index < -0.39 is 12.2 Å². The van der Waals surface area contributed by atoms with Crippen LogP contribution in [0.15, 0.2) is 109 Å². The lowest BCUT2D eigenvalue weighted by Gasteiger charge is -2.36. The van der Waals surface area contributed by atoms with Crippen molar-refractivity contribution < 1.29 is 10.2 Å². The molecule has 2 aliphatic rings. The highest BCUT2D eigenvalue weighted by atomic mass is 35.5. The van der Waals surface area contributed by atoms with Crippen molar-refractivity contribution in [3.8, 4) is 34.9 Å². The molecule has 2 aliphatic heterocycles. The number of fused-ring (bicyclic) bond motifs is 2. The van der Waals surface area contributed by atoms with E-state index in [1.54, 1.807) is 0 Å². The summed E-state index contributed by atoms with van der Waals surface area (Å²) < 4.78 is 0. The van der Waals surface area contributed by atoms with E-state index in [1.165, 1.54) is 19.3 Å². The number of benzene rings is 4. The van der Waals surface area contributed by atoms with E-state index in [0.29, 0.717) is 5.02 Å². The first-order valence-corrected chi connectivity index (χ1v) is 18.7. The van der Waals surface area contributed by atoms with Crippen LogP contribution in [0.2, 0.25) is 5.02 Å². The maximum absolute atomic E-state index is 11.2. The molecule has 4 unspecified atom stereocenters. The smallest absolute Gasteiger partial charge is 0.0952 e. The molecule has 2 saturated heterocycles. The van der Waals surface area contributed by atoms with Crippen LogP contribution in [0.3, 0.4) is 0 Å². The SMILES string of the molecule is C#Cc1ccc(-c2cc(C(O)C3CCCCN3)c3ccccc3n2)cc1.CN1CCCCC1C(O)c1cc(-c2ccc(Cl)cc2)nc2ccccc12. The number of nitrogens with zero attached hydrogens (tertiary/aromatic N) is 3. The van der Waals surface area contributed by atoms with Gasteiger partial charge >= 0.3 is 0 Å². The van der Waals surface area contributed by atoms with E-state index in [1.807, 2.05) is 103 Å². The first kappa shape index (κ1) is 35.8. The molecule has 2 aromatic heterocycles. The topological polar surface area (TPSA) is 81.5 Å². The number of nitrogens with one attached hydrogen (secondary N) is 1. The maximum Gasteiger partial charge on any atom is 0.0952 e. The lowest BCUT2D eigenvalue weighted by Crippen LogP contribution is -2.40. The molecule has 0 aliphatic carbocycles. The second-order valence-electron chi connectivity index (χ2n) is 13.9. The average molecular weight is 709 g/mol. The van der Waals surface area contributed by atoms with Gasteiger partial charge in [-0.3, -0.25) is 0 Å². The van der Waals surface area contributed by atoms with Crippen molar-refractivity contribution in [3.63, 3.8) is 0 Å². The number of halogens is 1. The number of hydrogen-bond donors (Lipinski definition) is 3. The Balaban J connectivity index is 0.000000162. The molecule has 8 rings (SSSR count). The molecule has 7 heteroatoms. The number of piperidine rings is 2. The molecule has 2 fully saturated rings. The molecule has 264 valence electrons. The largest absolute Gasteiger partial charge is 0.387 e. The van der Waals surface area contributed by atoms with Crippen molar-refractivity contribution in [1.29, 1.82) is 0 Å². The van der Waals surface area contributed by atoms with Crippen LogP contribution in [0.4, 0.5) is 0 Å². The number of aromatic nitrogens is 2. The second-order valence-corrected chi connectivity index (χ2v) is 14.4. The first-order valence-electron chi connectivity index (χ1n) is 18.3. The highest BCUT2D eigenvalue weighted by Crippen LogP contribution is 2.35. The van der Waals surface area contributed by atoms with Crippen molar-refractivity contribution in [2.75, 3.05) is 20.1 Å². The Morgan fingerprint density at radius 3 is 1.85 bits per heavy atom. The molecule has 0 spiro atoms. The quantitative estimate of drug-likeness (QED) is 0.150. The summed E-state index contributed by atoms with van der Waals surface area (Å²) in [5.74, 6) is 2.64. The molecule has 4 atom stereocenters.